The number of nitrogens with zero attached hydrogens (tertiary/aromatic N) is 3. The largest absolute Gasteiger partial charge is 0.490 e. The Hall–Kier alpha value is -2.64. The van der Waals surface area contributed by atoms with Crippen LogP contribution in [0.25, 0.3) is 0 Å². The number of pyridine rings is 1. The number of aromatic nitrogens is 1. The van der Waals surface area contributed by atoms with Crippen molar-refractivity contribution in [2.45, 2.75) is 86.0 Å². The molecule has 3 aliphatic rings. The number of aliphatic hydroxyl groups excluding tert-OH is 1. The maximum Gasteiger partial charge on any atom is 0.256 e. The summed E-state index contributed by atoms with van der Waals surface area (Å²) in [6.07, 6.45) is 4.30. The molecule has 7 nitrogen and oxygen atoms in total. The third-order valence-corrected chi connectivity index (χ3v) is 7.46. The lowest BCUT2D eigenvalue weighted by Crippen LogP contribution is -2.39. The highest BCUT2D eigenvalue weighted by atomic mass is 16.5. The summed E-state index contributed by atoms with van der Waals surface area (Å²) in [7, 11) is 1.78. The van der Waals surface area contributed by atoms with Crippen molar-refractivity contribution in [1.29, 1.82) is 0 Å². The van der Waals surface area contributed by atoms with Crippen LogP contribution in [0.2, 0.25) is 0 Å². The number of carbonyl (C=O) groups excluding carboxylic acids is 1. The van der Waals surface area contributed by atoms with E-state index in [9.17, 15) is 9.90 Å². The minimum atomic E-state index is -0.0324. The van der Waals surface area contributed by atoms with Gasteiger partial charge in [-0.15, -0.1) is 0 Å². The van der Waals surface area contributed by atoms with Gasteiger partial charge in [0, 0.05) is 39.6 Å². The molecule has 1 aliphatic carbocycles. The number of hydrogen-bond acceptors (Lipinski definition) is 6. The highest BCUT2D eigenvalue weighted by Crippen LogP contribution is 2.33. The highest BCUT2D eigenvalue weighted by Gasteiger charge is 2.33. The minimum absolute atomic E-state index is 0.0167. The number of methoxy groups -OCH3 is 1. The molecule has 0 radical (unpaired) electrons. The molecule has 0 saturated carbocycles. The number of piperidine rings is 1. The van der Waals surface area contributed by atoms with Crippen molar-refractivity contribution >= 4 is 11.7 Å². The average molecular weight is 512 g/mol. The Kier molecular flexibility index (Phi) is 10.4. The predicted molar refractivity (Wildman–Crippen MR) is 149 cm³/mol. The summed E-state index contributed by atoms with van der Waals surface area (Å²) in [6.45, 7) is 14.6. The number of ether oxygens (including phenoxy) is 2. The molecule has 1 amide bonds. The maximum absolute atomic E-state index is 12.7. The zero-order valence-electron chi connectivity index (χ0n) is 23.8. The van der Waals surface area contributed by atoms with Crippen molar-refractivity contribution in [2.75, 3.05) is 38.3 Å². The first-order valence-corrected chi connectivity index (χ1v) is 13.9. The molecule has 1 aromatic carbocycles. The molecule has 3 heterocycles. The van der Waals surface area contributed by atoms with Crippen molar-refractivity contribution < 1.29 is 19.4 Å². The van der Waals surface area contributed by atoms with E-state index in [0.717, 1.165) is 72.7 Å². The highest BCUT2D eigenvalue weighted by molar-refractivity contribution is 6.00. The molecular weight excluding hydrogens is 466 g/mol. The van der Waals surface area contributed by atoms with Crippen molar-refractivity contribution in [3.05, 3.63) is 51.7 Å². The molecule has 0 spiro atoms. The molecule has 204 valence electrons. The van der Waals surface area contributed by atoms with E-state index < -0.39 is 0 Å². The van der Waals surface area contributed by atoms with Gasteiger partial charge in [-0.2, -0.15) is 0 Å². The van der Waals surface area contributed by atoms with Gasteiger partial charge in [0.1, 0.15) is 17.7 Å². The van der Waals surface area contributed by atoms with Gasteiger partial charge in [0.25, 0.3) is 5.91 Å². The normalized spacial score (nSPS) is 18.5. The SMILES string of the molecule is CC.CC.CO[C@@H]1Cc2ccc(OC3CCN(c4nc5c(c(C)c4C)C(=O)N(CCO)C5)CC3)cc2C1. The Bertz CT molecular complexity index is 1060. The van der Waals surface area contributed by atoms with E-state index in [-0.39, 0.29) is 24.7 Å². The van der Waals surface area contributed by atoms with E-state index in [1.54, 1.807) is 12.0 Å². The number of amides is 1. The molecule has 2 aromatic rings. The second-order valence-corrected chi connectivity index (χ2v) is 9.46. The lowest BCUT2D eigenvalue weighted by molar-refractivity contribution is 0.0744. The van der Waals surface area contributed by atoms with Crippen LogP contribution in [0.15, 0.2) is 18.2 Å². The topological polar surface area (TPSA) is 75.1 Å². The Morgan fingerprint density at radius 1 is 1.00 bits per heavy atom. The van der Waals surface area contributed by atoms with Crippen molar-refractivity contribution in [3.8, 4) is 5.75 Å². The summed E-state index contributed by atoms with van der Waals surface area (Å²) in [5, 5.41) is 9.27. The van der Waals surface area contributed by atoms with Gasteiger partial charge in [-0.05, 0) is 61.1 Å². The zero-order valence-corrected chi connectivity index (χ0v) is 23.8. The molecule has 5 rings (SSSR count). The molecule has 1 saturated heterocycles. The second-order valence-electron chi connectivity index (χ2n) is 9.46. The van der Waals surface area contributed by atoms with Crippen LogP contribution in [-0.4, -0.2) is 66.5 Å². The lowest BCUT2D eigenvalue weighted by atomic mass is 10.0. The maximum atomic E-state index is 12.7. The number of carbonyl (C=O) groups is 1. The molecule has 1 fully saturated rings. The fraction of sp³-hybridized carbons (Fsp3) is 0.600. The minimum Gasteiger partial charge on any atom is -0.490 e. The number of benzene rings is 1. The summed E-state index contributed by atoms with van der Waals surface area (Å²) in [4.78, 5) is 21.6. The van der Waals surface area contributed by atoms with Crippen molar-refractivity contribution in [3.63, 3.8) is 0 Å². The Morgan fingerprint density at radius 3 is 2.32 bits per heavy atom. The molecule has 1 N–H and O–H groups in total. The van der Waals surface area contributed by atoms with Crippen molar-refractivity contribution in [2.24, 2.45) is 0 Å². The third-order valence-electron chi connectivity index (χ3n) is 7.46. The van der Waals surface area contributed by atoms with Crippen molar-refractivity contribution in [1.82, 2.24) is 9.88 Å². The van der Waals surface area contributed by atoms with Crippen LogP contribution in [0, 0.1) is 13.8 Å². The van der Waals surface area contributed by atoms with E-state index in [4.69, 9.17) is 14.5 Å². The number of rotatable bonds is 6. The zero-order chi connectivity index (χ0) is 27.1. The van der Waals surface area contributed by atoms with Gasteiger partial charge in [0.05, 0.1) is 30.5 Å². The van der Waals surface area contributed by atoms with Gasteiger partial charge in [-0.1, -0.05) is 33.8 Å². The Labute approximate surface area is 222 Å². The van der Waals surface area contributed by atoms with Crippen LogP contribution in [0.5, 0.6) is 5.75 Å². The second kappa shape index (κ2) is 13.2. The van der Waals surface area contributed by atoms with Gasteiger partial charge in [-0.3, -0.25) is 4.79 Å². The van der Waals surface area contributed by atoms with Crippen LogP contribution in [-0.2, 0) is 24.1 Å². The van der Waals surface area contributed by atoms with Gasteiger partial charge >= 0.3 is 0 Å². The summed E-state index contributed by atoms with van der Waals surface area (Å²) in [5.41, 5.74) is 6.33. The predicted octanol–water partition coefficient (Wildman–Crippen LogP) is 4.86. The molecule has 0 bridgehead atoms. The number of hydrogen-bond donors (Lipinski definition) is 1. The van der Waals surface area contributed by atoms with Gasteiger partial charge < -0.3 is 24.4 Å². The van der Waals surface area contributed by atoms with Gasteiger partial charge in [0.2, 0.25) is 0 Å². The van der Waals surface area contributed by atoms with E-state index in [1.165, 1.54) is 11.1 Å². The average Bonchev–Trinajstić information content (AvgIpc) is 3.49. The standard InChI is InChI=1S/C26H33N3O4.2C2H6/c1-16-17(2)25(27-23-15-29(10-11-30)26(31)24(16)23)28-8-6-20(7-9-28)33-21-5-4-18-12-22(32-3)14-19(18)13-21;2*1-2/h4-5,13,20,22,30H,6-12,14-15H2,1-3H3;2*1-2H3/t22-;;/m1../s1. The van der Waals surface area contributed by atoms with E-state index in [1.807, 2.05) is 34.6 Å². The monoisotopic (exact) mass is 511 g/mol. The lowest BCUT2D eigenvalue weighted by Gasteiger charge is -2.34. The summed E-state index contributed by atoms with van der Waals surface area (Å²) in [6, 6.07) is 6.46. The molecule has 2 aliphatic heterocycles. The quantitative estimate of drug-likeness (QED) is 0.597. The fourth-order valence-corrected chi connectivity index (χ4v) is 5.43. The van der Waals surface area contributed by atoms with E-state index in [0.29, 0.717) is 13.1 Å². The molecule has 37 heavy (non-hydrogen) atoms. The number of anilines is 1. The van der Waals surface area contributed by atoms with Crippen LogP contribution in [0.3, 0.4) is 0 Å². The molecule has 1 aromatic heterocycles. The van der Waals surface area contributed by atoms with E-state index in [2.05, 4.69) is 30.0 Å². The molecule has 7 heteroatoms. The smallest absolute Gasteiger partial charge is 0.256 e. The van der Waals surface area contributed by atoms with Gasteiger partial charge in [-0.25, -0.2) is 4.98 Å². The first kappa shape index (κ1) is 28.9. The molecule has 0 unspecified atom stereocenters. The summed E-state index contributed by atoms with van der Waals surface area (Å²) < 4.78 is 11.9. The summed E-state index contributed by atoms with van der Waals surface area (Å²) in [5.74, 6) is 1.91. The van der Waals surface area contributed by atoms with Gasteiger partial charge in [0.15, 0.2) is 0 Å². The van der Waals surface area contributed by atoms with Crippen LogP contribution in [0.4, 0.5) is 5.82 Å². The number of aliphatic hydroxyl groups is 1. The summed E-state index contributed by atoms with van der Waals surface area (Å²) >= 11 is 0. The molecule has 1 atom stereocenters. The Morgan fingerprint density at radius 2 is 1.68 bits per heavy atom. The first-order chi connectivity index (χ1) is 18.0. The number of fused-ring (bicyclic) bond motifs is 2. The van der Waals surface area contributed by atoms with Crippen LogP contribution >= 0.6 is 0 Å². The van der Waals surface area contributed by atoms with E-state index >= 15 is 0 Å². The Balaban J connectivity index is 0.000000907. The first-order valence-electron chi connectivity index (χ1n) is 13.9. The van der Waals surface area contributed by atoms with Crippen LogP contribution < -0.4 is 9.64 Å². The van der Waals surface area contributed by atoms with Crippen LogP contribution in [0.1, 0.15) is 78.8 Å². The third kappa shape index (κ3) is 6.10. The number of β-amino-alcohol motifs (C(OH)–C–C–N with tert-alkyl or cyclic N) is 1. The molecular formula is C30H45N3O4. The fourth-order valence-electron chi connectivity index (χ4n) is 5.43.